The predicted molar refractivity (Wildman–Crippen MR) is 74.6 cm³/mol. The largest absolute Gasteiger partial charge is 0.316 e. The molecule has 94 valence electrons. The minimum atomic E-state index is 0.756. The van der Waals surface area contributed by atoms with Crippen molar-refractivity contribution >= 4 is 11.3 Å². The van der Waals surface area contributed by atoms with Crippen molar-refractivity contribution in [2.45, 2.75) is 19.3 Å². The smallest absolute Gasteiger partial charge is 0.0935 e. The fraction of sp³-hybridized carbons (Fsp3) is 0.429. The van der Waals surface area contributed by atoms with E-state index in [1.165, 1.54) is 24.4 Å². The summed E-state index contributed by atoms with van der Waals surface area (Å²) in [7, 11) is 0. The van der Waals surface area contributed by atoms with Gasteiger partial charge in [-0.15, -0.1) is 11.3 Å². The molecule has 0 bridgehead atoms. The van der Waals surface area contributed by atoms with Gasteiger partial charge in [0, 0.05) is 29.8 Å². The molecule has 1 aliphatic heterocycles. The van der Waals surface area contributed by atoms with Gasteiger partial charge in [-0.3, -0.25) is 4.98 Å². The number of hydrogen-bond donors (Lipinski definition) is 1. The van der Waals surface area contributed by atoms with Gasteiger partial charge in [-0.1, -0.05) is 0 Å². The summed E-state index contributed by atoms with van der Waals surface area (Å²) in [6.07, 6.45) is 7.41. The maximum atomic E-state index is 4.73. The van der Waals surface area contributed by atoms with Crippen molar-refractivity contribution in [2.24, 2.45) is 5.92 Å². The van der Waals surface area contributed by atoms with Crippen LogP contribution in [0.5, 0.6) is 0 Å². The summed E-state index contributed by atoms with van der Waals surface area (Å²) in [5.74, 6) is 0.756. The third-order valence-electron chi connectivity index (χ3n) is 3.37. The molecule has 3 rings (SSSR count). The first-order chi connectivity index (χ1) is 8.92. The Morgan fingerprint density at radius 1 is 1.44 bits per heavy atom. The molecule has 4 heteroatoms. The zero-order valence-electron chi connectivity index (χ0n) is 10.3. The van der Waals surface area contributed by atoms with Gasteiger partial charge in [0.1, 0.15) is 0 Å². The van der Waals surface area contributed by atoms with Crippen LogP contribution in [0.15, 0.2) is 29.9 Å². The Kier molecular flexibility index (Phi) is 3.67. The van der Waals surface area contributed by atoms with E-state index < -0.39 is 0 Å². The van der Waals surface area contributed by atoms with Crippen molar-refractivity contribution in [2.75, 3.05) is 13.1 Å². The molecular weight excluding hydrogens is 242 g/mol. The third kappa shape index (κ3) is 2.76. The highest BCUT2D eigenvalue weighted by Crippen LogP contribution is 2.24. The number of pyridine rings is 1. The minimum Gasteiger partial charge on any atom is -0.316 e. The Morgan fingerprint density at radius 3 is 3.22 bits per heavy atom. The molecule has 0 saturated carbocycles. The molecule has 0 aliphatic carbocycles. The van der Waals surface area contributed by atoms with Crippen molar-refractivity contribution in [3.8, 4) is 11.3 Å². The number of nitrogens with zero attached hydrogens (tertiary/aromatic N) is 2. The van der Waals surface area contributed by atoms with Gasteiger partial charge in [-0.25, -0.2) is 4.98 Å². The number of aromatic nitrogens is 2. The number of thiazole rings is 1. The van der Waals surface area contributed by atoms with Gasteiger partial charge in [-0.2, -0.15) is 0 Å². The van der Waals surface area contributed by atoms with Crippen LogP contribution >= 0.6 is 11.3 Å². The average molecular weight is 259 g/mol. The summed E-state index contributed by atoms with van der Waals surface area (Å²) in [5.41, 5.74) is 2.17. The lowest BCUT2D eigenvalue weighted by Crippen LogP contribution is -2.30. The lowest BCUT2D eigenvalue weighted by Gasteiger charge is -2.21. The highest BCUT2D eigenvalue weighted by Gasteiger charge is 2.15. The summed E-state index contributed by atoms with van der Waals surface area (Å²) >= 11 is 1.77. The van der Waals surface area contributed by atoms with E-state index >= 15 is 0 Å². The van der Waals surface area contributed by atoms with Crippen LogP contribution in [0, 0.1) is 5.92 Å². The van der Waals surface area contributed by atoms with E-state index in [1.807, 2.05) is 12.3 Å². The lowest BCUT2D eigenvalue weighted by molar-refractivity contribution is 0.376. The van der Waals surface area contributed by atoms with Crippen molar-refractivity contribution < 1.29 is 0 Å². The second-order valence-corrected chi connectivity index (χ2v) is 5.73. The van der Waals surface area contributed by atoms with Gasteiger partial charge in [0.25, 0.3) is 0 Å². The molecule has 3 nitrogen and oxygen atoms in total. The van der Waals surface area contributed by atoms with Crippen molar-refractivity contribution in [1.82, 2.24) is 15.3 Å². The number of hydrogen-bond acceptors (Lipinski definition) is 4. The van der Waals surface area contributed by atoms with Gasteiger partial charge >= 0.3 is 0 Å². The standard InChI is InChI=1S/C14H17N3S/c1-3-11(8-15-5-1)7-14-17-13(10-18-14)12-4-2-6-16-9-12/h2,4,6,9-11,15H,1,3,5,7-8H2. The molecule has 2 aromatic heterocycles. The molecule has 2 aromatic rings. The van der Waals surface area contributed by atoms with E-state index in [0.717, 1.165) is 30.1 Å². The molecule has 18 heavy (non-hydrogen) atoms. The van der Waals surface area contributed by atoms with Crippen LogP contribution in [0.4, 0.5) is 0 Å². The van der Waals surface area contributed by atoms with E-state index in [9.17, 15) is 0 Å². The van der Waals surface area contributed by atoms with Crippen LogP contribution < -0.4 is 5.32 Å². The van der Waals surface area contributed by atoms with Gasteiger partial charge < -0.3 is 5.32 Å². The predicted octanol–water partition coefficient (Wildman–Crippen LogP) is 2.75. The summed E-state index contributed by atoms with van der Waals surface area (Å²) in [5, 5.41) is 6.85. The molecule has 1 fully saturated rings. The van der Waals surface area contributed by atoms with E-state index in [0.29, 0.717) is 0 Å². The van der Waals surface area contributed by atoms with Crippen LogP contribution in [0.2, 0.25) is 0 Å². The van der Waals surface area contributed by atoms with E-state index in [2.05, 4.69) is 21.7 Å². The third-order valence-corrected chi connectivity index (χ3v) is 4.24. The summed E-state index contributed by atoms with van der Waals surface area (Å²) in [4.78, 5) is 8.87. The first-order valence-corrected chi connectivity index (χ1v) is 7.35. The molecule has 1 aliphatic rings. The molecule has 1 N–H and O–H groups in total. The molecule has 0 amide bonds. The molecule has 0 aromatic carbocycles. The van der Waals surface area contributed by atoms with Crippen LogP contribution in [-0.2, 0) is 6.42 Å². The fourth-order valence-corrected chi connectivity index (χ4v) is 3.32. The maximum absolute atomic E-state index is 4.73. The summed E-state index contributed by atoms with van der Waals surface area (Å²) in [6.45, 7) is 2.32. The van der Waals surface area contributed by atoms with Crippen LogP contribution in [0.25, 0.3) is 11.3 Å². The minimum absolute atomic E-state index is 0.756. The first kappa shape index (κ1) is 11.8. The van der Waals surface area contributed by atoms with Crippen LogP contribution in [-0.4, -0.2) is 23.1 Å². The maximum Gasteiger partial charge on any atom is 0.0935 e. The summed E-state index contributed by atoms with van der Waals surface area (Å²) < 4.78 is 0. The molecule has 1 saturated heterocycles. The van der Waals surface area contributed by atoms with Crippen molar-refractivity contribution in [1.29, 1.82) is 0 Å². The lowest BCUT2D eigenvalue weighted by atomic mass is 9.97. The Morgan fingerprint density at radius 2 is 2.44 bits per heavy atom. The first-order valence-electron chi connectivity index (χ1n) is 6.47. The van der Waals surface area contributed by atoms with Gasteiger partial charge in [0.2, 0.25) is 0 Å². The summed E-state index contributed by atoms with van der Waals surface area (Å²) in [6, 6.07) is 4.02. The molecule has 0 radical (unpaired) electrons. The van der Waals surface area contributed by atoms with Crippen molar-refractivity contribution in [3.63, 3.8) is 0 Å². The quantitative estimate of drug-likeness (QED) is 0.921. The molecule has 0 spiro atoms. The second-order valence-electron chi connectivity index (χ2n) is 4.78. The number of nitrogens with one attached hydrogen (secondary N) is 1. The monoisotopic (exact) mass is 259 g/mol. The van der Waals surface area contributed by atoms with Crippen LogP contribution in [0.1, 0.15) is 17.8 Å². The van der Waals surface area contributed by atoms with Gasteiger partial charge in [-0.05, 0) is 44.0 Å². The number of piperidine rings is 1. The fourth-order valence-electron chi connectivity index (χ4n) is 2.40. The molecule has 1 atom stereocenters. The van der Waals surface area contributed by atoms with Crippen molar-refractivity contribution in [3.05, 3.63) is 34.9 Å². The van der Waals surface area contributed by atoms with Gasteiger partial charge in [0.15, 0.2) is 0 Å². The average Bonchev–Trinajstić information content (AvgIpc) is 2.89. The normalized spacial score (nSPS) is 19.9. The topological polar surface area (TPSA) is 37.8 Å². The molecular formula is C14H17N3S. The second kappa shape index (κ2) is 5.59. The SMILES string of the molecule is c1cncc(-c2csc(CC3CCCNC3)n2)c1. The van der Waals surface area contributed by atoms with E-state index in [-0.39, 0.29) is 0 Å². The van der Waals surface area contributed by atoms with E-state index in [4.69, 9.17) is 4.98 Å². The van der Waals surface area contributed by atoms with Crippen LogP contribution in [0.3, 0.4) is 0 Å². The highest BCUT2D eigenvalue weighted by molar-refractivity contribution is 7.09. The Hall–Kier alpha value is -1.26. The molecule has 3 heterocycles. The Balaban J connectivity index is 1.69. The zero-order valence-corrected chi connectivity index (χ0v) is 11.1. The molecule has 1 unspecified atom stereocenters. The highest BCUT2D eigenvalue weighted by atomic mass is 32.1. The Labute approximate surface area is 111 Å². The zero-order chi connectivity index (χ0) is 12.2. The van der Waals surface area contributed by atoms with E-state index in [1.54, 1.807) is 17.5 Å². The van der Waals surface area contributed by atoms with Gasteiger partial charge in [0.05, 0.1) is 10.7 Å². The Bertz CT molecular complexity index is 489. The number of rotatable bonds is 3.